The van der Waals surface area contributed by atoms with E-state index in [1.807, 2.05) is 6.92 Å². The van der Waals surface area contributed by atoms with Crippen molar-refractivity contribution in [3.63, 3.8) is 0 Å². The molecule has 1 heterocycles. The number of nitrogens with zero attached hydrogens (tertiary/aromatic N) is 2. The number of hydrogen-bond donors (Lipinski definition) is 1. The minimum absolute atomic E-state index is 0.462. The monoisotopic (exact) mass is 239 g/mol. The van der Waals surface area contributed by atoms with Crippen LogP contribution in [-0.2, 0) is 0 Å². The van der Waals surface area contributed by atoms with E-state index >= 15 is 0 Å². The SMILES string of the molecule is CCC(C)c1ccc(-c2[nH]c(C)nc2C#N)cc1. The lowest BCUT2D eigenvalue weighted by atomic mass is 9.97. The van der Waals surface area contributed by atoms with Gasteiger partial charge >= 0.3 is 0 Å². The Morgan fingerprint density at radius 2 is 2.00 bits per heavy atom. The van der Waals surface area contributed by atoms with Gasteiger partial charge < -0.3 is 4.98 Å². The van der Waals surface area contributed by atoms with Crippen LogP contribution in [0.3, 0.4) is 0 Å². The van der Waals surface area contributed by atoms with Gasteiger partial charge in [0.05, 0.1) is 5.69 Å². The molecule has 2 rings (SSSR count). The van der Waals surface area contributed by atoms with E-state index in [9.17, 15) is 0 Å². The number of aromatic nitrogens is 2. The normalized spacial score (nSPS) is 12.1. The van der Waals surface area contributed by atoms with E-state index in [2.05, 4.69) is 54.2 Å². The molecule has 1 aromatic heterocycles. The lowest BCUT2D eigenvalue weighted by molar-refractivity contribution is 0.734. The molecule has 1 N–H and O–H groups in total. The van der Waals surface area contributed by atoms with Crippen molar-refractivity contribution in [2.45, 2.75) is 33.1 Å². The van der Waals surface area contributed by atoms with Gasteiger partial charge in [0.25, 0.3) is 0 Å². The molecule has 0 amide bonds. The Morgan fingerprint density at radius 3 is 2.56 bits per heavy atom. The van der Waals surface area contributed by atoms with Crippen LogP contribution < -0.4 is 0 Å². The first-order valence-electron chi connectivity index (χ1n) is 6.22. The molecule has 0 aliphatic rings. The van der Waals surface area contributed by atoms with Crippen molar-refractivity contribution in [3.8, 4) is 17.3 Å². The molecule has 0 bridgehead atoms. The molecule has 0 saturated carbocycles. The minimum Gasteiger partial charge on any atom is -0.341 e. The number of rotatable bonds is 3. The Labute approximate surface area is 107 Å². The highest BCUT2D eigenvalue weighted by Gasteiger charge is 2.10. The van der Waals surface area contributed by atoms with Crippen LogP contribution in [0.15, 0.2) is 24.3 Å². The van der Waals surface area contributed by atoms with Crippen LogP contribution in [0.25, 0.3) is 11.3 Å². The predicted octanol–water partition coefficient (Wildman–Crippen LogP) is 3.77. The first-order valence-corrected chi connectivity index (χ1v) is 6.22. The molecule has 0 fully saturated rings. The van der Waals surface area contributed by atoms with Crippen LogP contribution in [0.1, 0.15) is 43.3 Å². The van der Waals surface area contributed by atoms with Crippen molar-refractivity contribution in [2.75, 3.05) is 0 Å². The van der Waals surface area contributed by atoms with Crippen molar-refractivity contribution in [1.29, 1.82) is 5.26 Å². The molecular formula is C15H17N3. The highest BCUT2D eigenvalue weighted by atomic mass is 14.9. The van der Waals surface area contributed by atoms with Gasteiger partial charge in [-0.3, -0.25) is 0 Å². The van der Waals surface area contributed by atoms with Crippen molar-refractivity contribution in [3.05, 3.63) is 41.3 Å². The number of imidazole rings is 1. The topological polar surface area (TPSA) is 52.5 Å². The van der Waals surface area contributed by atoms with Crippen LogP contribution >= 0.6 is 0 Å². The average molecular weight is 239 g/mol. The summed E-state index contributed by atoms with van der Waals surface area (Å²) in [6.45, 7) is 6.26. The van der Waals surface area contributed by atoms with E-state index in [-0.39, 0.29) is 0 Å². The Morgan fingerprint density at radius 1 is 1.33 bits per heavy atom. The molecule has 1 unspecified atom stereocenters. The average Bonchev–Trinajstić information content (AvgIpc) is 2.79. The summed E-state index contributed by atoms with van der Waals surface area (Å²) in [7, 11) is 0. The van der Waals surface area contributed by atoms with Gasteiger partial charge in [-0.15, -0.1) is 0 Å². The molecule has 92 valence electrons. The Balaban J connectivity index is 2.37. The summed E-state index contributed by atoms with van der Waals surface area (Å²) < 4.78 is 0. The summed E-state index contributed by atoms with van der Waals surface area (Å²) in [5.41, 5.74) is 3.62. The standard InChI is InChI=1S/C15H17N3/c1-4-10(2)12-5-7-13(8-6-12)15-14(9-16)17-11(3)18-15/h5-8,10H,4H2,1-3H3,(H,17,18). The summed E-state index contributed by atoms with van der Waals surface area (Å²) in [5, 5.41) is 9.04. The first-order chi connectivity index (χ1) is 8.65. The summed E-state index contributed by atoms with van der Waals surface area (Å²) >= 11 is 0. The lowest BCUT2D eigenvalue weighted by Crippen LogP contribution is -1.91. The first kappa shape index (κ1) is 12.4. The van der Waals surface area contributed by atoms with Gasteiger partial charge in [0.1, 0.15) is 11.9 Å². The van der Waals surface area contributed by atoms with Crippen molar-refractivity contribution in [1.82, 2.24) is 9.97 Å². The molecular weight excluding hydrogens is 222 g/mol. The highest BCUT2D eigenvalue weighted by molar-refractivity contribution is 5.65. The third-order valence-electron chi connectivity index (χ3n) is 3.31. The highest BCUT2D eigenvalue weighted by Crippen LogP contribution is 2.25. The summed E-state index contributed by atoms with van der Waals surface area (Å²) in [6, 6.07) is 10.5. The Hall–Kier alpha value is -2.08. The molecule has 3 heteroatoms. The number of benzene rings is 1. The summed E-state index contributed by atoms with van der Waals surface area (Å²) in [4.78, 5) is 7.30. The fourth-order valence-corrected chi connectivity index (χ4v) is 2.00. The molecule has 0 aliphatic carbocycles. The minimum atomic E-state index is 0.462. The van der Waals surface area contributed by atoms with Gasteiger partial charge in [0, 0.05) is 5.56 Å². The molecule has 18 heavy (non-hydrogen) atoms. The molecule has 3 nitrogen and oxygen atoms in total. The van der Waals surface area contributed by atoms with E-state index in [1.54, 1.807) is 0 Å². The number of H-pyrrole nitrogens is 1. The zero-order chi connectivity index (χ0) is 13.1. The zero-order valence-corrected chi connectivity index (χ0v) is 11.0. The van der Waals surface area contributed by atoms with E-state index in [1.165, 1.54) is 5.56 Å². The van der Waals surface area contributed by atoms with E-state index in [0.717, 1.165) is 23.5 Å². The van der Waals surface area contributed by atoms with Gasteiger partial charge in [-0.1, -0.05) is 38.1 Å². The second-order valence-electron chi connectivity index (χ2n) is 4.59. The van der Waals surface area contributed by atoms with E-state index in [4.69, 9.17) is 5.26 Å². The Kier molecular flexibility index (Phi) is 3.47. The van der Waals surface area contributed by atoms with Gasteiger partial charge in [0.2, 0.25) is 0 Å². The molecule has 1 atom stereocenters. The maximum Gasteiger partial charge on any atom is 0.166 e. The third kappa shape index (κ3) is 2.28. The fraction of sp³-hybridized carbons (Fsp3) is 0.333. The second kappa shape index (κ2) is 5.05. The van der Waals surface area contributed by atoms with Gasteiger partial charge in [0.15, 0.2) is 5.69 Å². The predicted molar refractivity (Wildman–Crippen MR) is 72.2 cm³/mol. The van der Waals surface area contributed by atoms with Gasteiger partial charge in [-0.25, -0.2) is 4.98 Å². The quantitative estimate of drug-likeness (QED) is 0.886. The molecule has 0 saturated heterocycles. The maximum absolute atomic E-state index is 9.04. The number of nitriles is 1. The molecule has 0 radical (unpaired) electrons. The van der Waals surface area contributed by atoms with Crippen LogP contribution in [0.5, 0.6) is 0 Å². The number of aryl methyl sites for hydroxylation is 1. The number of nitrogens with one attached hydrogen (secondary N) is 1. The zero-order valence-electron chi connectivity index (χ0n) is 11.0. The Bertz CT molecular complexity index is 573. The van der Waals surface area contributed by atoms with Gasteiger partial charge in [-0.2, -0.15) is 5.26 Å². The summed E-state index contributed by atoms with van der Waals surface area (Å²) in [5.74, 6) is 1.34. The molecule has 1 aromatic carbocycles. The van der Waals surface area contributed by atoms with Crippen LogP contribution in [-0.4, -0.2) is 9.97 Å². The van der Waals surface area contributed by atoms with E-state index < -0.39 is 0 Å². The molecule has 0 aliphatic heterocycles. The smallest absolute Gasteiger partial charge is 0.166 e. The fourth-order valence-electron chi connectivity index (χ4n) is 2.00. The number of aromatic amines is 1. The van der Waals surface area contributed by atoms with Crippen LogP contribution in [0.4, 0.5) is 0 Å². The lowest BCUT2D eigenvalue weighted by Gasteiger charge is -2.09. The van der Waals surface area contributed by atoms with Crippen LogP contribution in [0, 0.1) is 18.3 Å². The third-order valence-corrected chi connectivity index (χ3v) is 3.31. The van der Waals surface area contributed by atoms with Gasteiger partial charge in [-0.05, 0) is 24.8 Å². The largest absolute Gasteiger partial charge is 0.341 e. The number of hydrogen-bond acceptors (Lipinski definition) is 2. The molecule has 2 aromatic rings. The van der Waals surface area contributed by atoms with Crippen LogP contribution in [0.2, 0.25) is 0 Å². The van der Waals surface area contributed by atoms with Crippen molar-refractivity contribution < 1.29 is 0 Å². The van der Waals surface area contributed by atoms with Crippen molar-refractivity contribution >= 4 is 0 Å². The molecule has 0 spiro atoms. The van der Waals surface area contributed by atoms with E-state index in [0.29, 0.717) is 11.6 Å². The second-order valence-corrected chi connectivity index (χ2v) is 4.59. The summed E-state index contributed by atoms with van der Waals surface area (Å²) in [6.07, 6.45) is 1.13. The van der Waals surface area contributed by atoms with Crippen molar-refractivity contribution in [2.24, 2.45) is 0 Å². The maximum atomic E-state index is 9.04.